The van der Waals surface area contributed by atoms with Crippen LogP contribution in [0.3, 0.4) is 0 Å². The van der Waals surface area contributed by atoms with Crippen LogP contribution in [-0.4, -0.2) is 26.8 Å². The molecule has 6 nitrogen and oxygen atoms in total. The van der Waals surface area contributed by atoms with Crippen molar-refractivity contribution in [3.05, 3.63) is 108 Å². The third-order valence-electron chi connectivity index (χ3n) is 5.67. The number of benzene rings is 4. The van der Waals surface area contributed by atoms with Gasteiger partial charge in [0.2, 0.25) is 0 Å². The van der Waals surface area contributed by atoms with E-state index in [9.17, 15) is 14.0 Å². The van der Waals surface area contributed by atoms with E-state index >= 15 is 0 Å². The molecule has 4 aromatic carbocycles. The maximum Gasteiger partial charge on any atom is 0.325 e. The normalized spacial score (nSPS) is 11.1. The number of fused-ring (bicyclic) bond motifs is 2. The van der Waals surface area contributed by atoms with Crippen LogP contribution in [0.25, 0.3) is 21.7 Å². The number of aromatic nitrogens is 2. The summed E-state index contributed by atoms with van der Waals surface area (Å²) in [5.41, 5.74) is 3.26. The van der Waals surface area contributed by atoms with Crippen molar-refractivity contribution in [2.75, 3.05) is 5.32 Å². The molecule has 1 amide bonds. The molecule has 0 saturated carbocycles. The number of aliphatic carboxylic acids is 1. The van der Waals surface area contributed by atoms with Gasteiger partial charge in [0.25, 0.3) is 5.91 Å². The first-order valence-electron chi connectivity index (χ1n) is 10.7. The summed E-state index contributed by atoms with van der Waals surface area (Å²) in [6, 6.07) is 25.1. The number of hydrogen-bond acceptors (Lipinski definition) is 3. The van der Waals surface area contributed by atoms with Crippen LogP contribution in [0.4, 0.5) is 10.1 Å². The number of nitrogens with zero attached hydrogens (tertiary/aromatic N) is 2. The number of nitrogens with one attached hydrogen (secondary N) is 1. The molecule has 0 fully saturated rings. The van der Waals surface area contributed by atoms with Gasteiger partial charge in [0.05, 0.1) is 11.2 Å². The van der Waals surface area contributed by atoms with Gasteiger partial charge in [-0.15, -0.1) is 0 Å². The Kier molecular flexibility index (Phi) is 5.51. The minimum Gasteiger partial charge on any atom is -0.480 e. The summed E-state index contributed by atoms with van der Waals surface area (Å²) in [5, 5.41) is 19.2. The molecule has 5 aromatic rings. The van der Waals surface area contributed by atoms with Crippen molar-refractivity contribution in [3.8, 4) is 0 Å². The summed E-state index contributed by atoms with van der Waals surface area (Å²) in [4.78, 5) is 23.9. The maximum absolute atomic E-state index is 13.7. The zero-order chi connectivity index (χ0) is 23.7. The molecule has 0 bridgehead atoms. The molecule has 168 valence electrons. The molecule has 1 heterocycles. The molecule has 0 spiro atoms. The molecule has 0 radical (unpaired) electrons. The number of anilines is 1. The molecular weight excluding hydrogens is 433 g/mol. The van der Waals surface area contributed by atoms with E-state index in [2.05, 4.69) is 10.4 Å². The maximum atomic E-state index is 13.7. The molecule has 0 aliphatic carbocycles. The van der Waals surface area contributed by atoms with Gasteiger partial charge in [0.15, 0.2) is 0 Å². The Balaban J connectivity index is 1.34. The van der Waals surface area contributed by atoms with Crippen molar-refractivity contribution in [3.63, 3.8) is 0 Å². The number of halogens is 1. The lowest BCUT2D eigenvalue weighted by molar-refractivity contribution is -0.137. The fourth-order valence-corrected chi connectivity index (χ4v) is 4.03. The van der Waals surface area contributed by atoms with Gasteiger partial charge < -0.3 is 10.4 Å². The van der Waals surface area contributed by atoms with Crippen LogP contribution in [0, 0.1) is 5.82 Å². The highest BCUT2D eigenvalue weighted by Crippen LogP contribution is 2.23. The second-order valence-corrected chi connectivity index (χ2v) is 8.05. The summed E-state index contributed by atoms with van der Waals surface area (Å²) in [6.07, 6.45) is 0.438. The first-order chi connectivity index (χ1) is 16.5. The first kappa shape index (κ1) is 21.3. The van der Waals surface area contributed by atoms with Crippen LogP contribution in [0.1, 0.15) is 21.6 Å². The number of carbonyl (C=O) groups excluding carboxylic acids is 1. The van der Waals surface area contributed by atoms with Crippen LogP contribution < -0.4 is 5.32 Å². The van der Waals surface area contributed by atoms with E-state index in [1.54, 1.807) is 12.1 Å². The van der Waals surface area contributed by atoms with Crippen molar-refractivity contribution in [2.24, 2.45) is 0 Å². The smallest absolute Gasteiger partial charge is 0.325 e. The molecule has 0 aliphatic rings. The molecule has 0 atom stereocenters. The van der Waals surface area contributed by atoms with Crippen LogP contribution in [0.5, 0.6) is 0 Å². The molecule has 1 aromatic heterocycles. The quantitative estimate of drug-likeness (QED) is 0.368. The topological polar surface area (TPSA) is 84.2 Å². The molecule has 7 heteroatoms. The molecule has 2 N–H and O–H groups in total. The number of hydrogen-bond donors (Lipinski definition) is 2. The summed E-state index contributed by atoms with van der Waals surface area (Å²) in [5.74, 6) is -1.69. The Bertz CT molecular complexity index is 1540. The van der Waals surface area contributed by atoms with Gasteiger partial charge in [-0.1, -0.05) is 42.5 Å². The van der Waals surface area contributed by atoms with Crippen molar-refractivity contribution in [1.29, 1.82) is 0 Å². The fourth-order valence-electron chi connectivity index (χ4n) is 4.03. The molecule has 0 saturated heterocycles. The van der Waals surface area contributed by atoms with Crippen LogP contribution in [0.15, 0.2) is 84.9 Å². The molecule has 0 aliphatic heterocycles. The van der Waals surface area contributed by atoms with Gasteiger partial charge in [-0.25, -0.2) is 4.39 Å². The van der Waals surface area contributed by atoms with Crippen LogP contribution in [-0.2, 0) is 17.8 Å². The zero-order valence-electron chi connectivity index (χ0n) is 18.0. The summed E-state index contributed by atoms with van der Waals surface area (Å²) >= 11 is 0. The highest BCUT2D eigenvalue weighted by Gasteiger charge is 2.14. The minimum atomic E-state index is -1.05. The lowest BCUT2D eigenvalue weighted by Crippen LogP contribution is -2.11. The van der Waals surface area contributed by atoms with Crippen molar-refractivity contribution >= 4 is 39.2 Å². The molecule has 5 rings (SSSR count). The summed E-state index contributed by atoms with van der Waals surface area (Å²) in [6.45, 7) is -0.348. The lowest BCUT2D eigenvalue weighted by atomic mass is 10.1. The second-order valence-electron chi connectivity index (χ2n) is 8.05. The van der Waals surface area contributed by atoms with E-state index in [1.165, 1.54) is 16.8 Å². The van der Waals surface area contributed by atoms with Crippen molar-refractivity contribution in [1.82, 2.24) is 9.78 Å². The van der Waals surface area contributed by atoms with E-state index in [4.69, 9.17) is 5.11 Å². The Morgan fingerprint density at radius 2 is 1.68 bits per heavy atom. The number of carbonyl (C=O) groups is 2. The first-order valence-corrected chi connectivity index (χ1v) is 10.7. The number of carboxylic acids is 1. The Morgan fingerprint density at radius 3 is 2.44 bits per heavy atom. The number of carboxylic acid groups (broad SMARTS) is 1. The third-order valence-corrected chi connectivity index (χ3v) is 5.67. The third kappa shape index (κ3) is 4.36. The molecular formula is C27H20FN3O3. The highest BCUT2D eigenvalue weighted by atomic mass is 19.1. The van der Waals surface area contributed by atoms with Crippen LogP contribution >= 0.6 is 0 Å². The minimum absolute atomic E-state index is 0.195. The van der Waals surface area contributed by atoms with E-state index in [-0.39, 0.29) is 12.5 Å². The van der Waals surface area contributed by atoms with E-state index in [0.29, 0.717) is 34.3 Å². The number of rotatable bonds is 6. The van der Waals surface area contributed by atoms with Gasteiger partial charge in [0, 0.05) is 23.1 Å². The van der Waals surface area contributed by atoms with Gasteiger partial charge >= 0.3 is 5.97 Å². The standard InChI is InChI=1S/C27H20FN3O3/c28-21-9-12-23-24(30-31(16-26(32)33)25(23)15-21)13-17-5-10-22(11-6-17)29-27(34)20-8-7-18-3-1-2-4-19(18)14-20/h1-12,14-15H,13,16H2,(H,29,34)(H,32,33). The Hall–Kier alpha value is -4.52. The van der Waals surface area contributed by atoms with E-state index < -0.39 is 11.8 Å². The monoisotopic (exact) mass is 453 g/mol. The fraction of sp³-hybridized carbons (Fsp3) is 0.0741. The molecule has 34 heavy (non-hydrogen) atoms. The van der Waals surface area contributed by atoms with Gasteiger partial charge in [-0.3, -0.25) is 14.3 Å². The van der Waals surface area contributed by atoms with Gasteiger partial charge in [-0.05, 0) is 58.8 Å². The predicted molar refractivity (Wildman–Crippen MR) is 128 cm³/mol. The van der Waals surface area contributed by atoms with E-state index in [1.807, 2.05) is 60.7 Å². The Morgan fingerprint density at radius 1 is 0.912 bits per heavy atom. The van der Waals surface area contributed by atoms with Gasteiger partial charge in [-0.2, -0.15) is 5.10 Å². The number of amides is 1. The average molecular weight is 453 g/mol. The summed E-state index contributed by atoms with van der Waals surface area (Å²) < 4.78 is 15.0. The average Bonchev–Trinajstić information content (AvgIpc) is 3.15. The zero-order valence-corrected chi connectivity index (χ0v) is 18.0. The lowest BCUT2D eigenvalue weighted by Gasteiger charge is -2.07. The Labute approximate surface area is 194 Å². The summed E-state index contributed by atoms with van der Waals surface area (Å²) in [7, 11) is 0. The predicted octanol–water partition coefficient (Wildman–Crippen LogP) is 5.26. The van der Waals surface area contributed by atoms with E-state index in [0.717, 1.165) is 16.3 Å². The highest BCUT2D eigenvalue weighted by molar-refractivity contribution is 6.06. The second kappa shape index (κ2) is 8.78. The van der Waals surface area contributed by atoms with Crippen molar-refractivity contribution < 1.29 is 19.1 Å². The SMILES string of the molecule is O=C(O)Cn1nc(Cc2ccc(NC(=O)c3ccc4ccccc4c3)cc2)c2ccc(F)cc21. The largest absolute Gasteiger partial charge is 0.480 e. The molecule has 0 unspecified atom stereocenters. The van der Waals surface area contributed by atoms with Gasteiger partial charge in [0.1, 0.15) is 12.4 Å². The van der Waals surface area contributed by atoms with Crippen molar-refractivity contribution in [2.45, 2.75) is 13.0 Å². The van der Waals surface area contributed by atoms with Crippen LogP contribution in [0.2, 0.25) is 0 Å².